The van der Waals surface area contributed by atoms with Gasteiger partial charge in [0.25, 0.3) is 0 Å². The van der Waals surface area contributed by atoms with E-state index in [2.05, 4.69) is 19.7 Å². The van der Waals surface area contributed by atoms with Crippen molar-refractivity contribution in [3.63, 3.8) is 0 Å². The molecule has 2 aliphatic rings. The maximum absolute atomic E-state index is 5.86. The molecule has 2 fully saturated rings. The van der Waals surface area contributed by atoms with Crippen molar-refractivity contribution in [2.24, 2.45) is 0 Å². The summed E-state index contributed by atoms with van der Waals surface area (Å²) in [5, 5.41) is 12.1. The zero-order chi connectivity index (χ0) is 17.5. The average molecular weight is 388 g/mol. The molecule has 0 N–H and O–H groups in total. The molecule has 1 saturated heterocycles. The van der Waals surface area contributed by atoms with Gasteiger partial charge in [-0.3, -0.25) is 4.57 Å². The third kappa shape index (κ3) is 3.05. The highest BCUT2D eigenvalue weighted by atomic mass is 32.2. The van der Waals surface area contributed by atoms with Gasteiger partial charge in [0.2, 0.25) is 11.8 Å². The number of aryl methyl sites for hydroxylation is 1. The van der Waals surface area contributed by atoms with Crippen molar-refractivity contribution in [3.05, 3.63) is 29.0 Å². The topological polar surface area (TPSA) is 60.0 Å². The van der Waals surface area contributed by atoms with Gasteiger partial charge in [0.15, 0.2) is 5.16 Å². The van der Waals surface area contributed by atoms with Gasteiger partial charge in [0.1, 0.15) is 5.76 Å². The third-order valence-corrected chi connectivity index (χ3v) is 6.72. The van der Waals surface area contributed by atoms with E-state index in [0.717, 1.165) is 52.2 Å². The number of hydrogen-bond acceptors (Lipinski definition) is 7. The first-order chi connectivity index (χ1) is 12.8. The highest BCUT2D eigenvalue weighted by Crippen LogP contribution is 2.42. The van der Waals surface area contributed by atoms with Crippen LogP contribution in [-0.2, 0) is 5.75 Å². The number of rotatable bonds is 6. The van der Waals surface area contributed by atoms with Crippen LogP contribution >= 0.6 is 23.1 Å². The van der Waals surface area contributed by atoms with Gasteiger partial charge in [-0.2, -0.15) is 0 Å². The van der Waals surface area contributed by atoms with E-state index in [1.54, 1.807) is 23.1 Å². The molecule has 0 radical (unpaired) electrons. The Labute approximate surface area is 160 Å². The number of thioether (sulfide) groups is 1. The van der Waals surface area contributed by atoms with Gasteiger partial charge in [-0.25, -0.2) is 4.98 Å². The van der Waals surface area contributed by atoms with Crippen LogP contribution in [0.2, 0.25) is 0 Å². The molecule has 0 bridgehead atoms. The van der Waals surface area contributed by atoms with E-state index in [9.17, 15) is 0 Å². The summed E-state index contributed by atoms with van der Waals surface area (Å²) in [4.78, 5) is 8.15. The summed E-state index contributed by atoms with van der Waals surface area (Å²) < 4.78 is 8.21. The maximum atomic E-state index is 5.86. The Kier molecular flexibility index (Phi) is 4.24. The van der Waals surface area contributed by atoms with Crippen LogP contribution in [0.1, 0.15) is 43.2 Å². The molecule has 3 aromatic rings. The lowest BCUT2D eigenvalue weighted by Crippen LogP contribution is -2.22. The molecule has 0 amide bonds. The second-order valence-electron chi connectivity index (χ2n) is 6.87. The fourth-order valence-electron chi connectivity index (χ4n) is 3.35. The van der Waals surface area contributed by atoms with E-state index in [0.29, 0.717) is 6.04 Å². The lowest BCUT2D eigenvalue weighted by Gasteiger charge is -2.17. The third-order valence-electron chi connectivity index (χ3n) is 4.91. The van der Waals surface area contributed by atoms with Crippen molar-refractivity contribution >= 4 is 29.0 Å². The fourth-order valence-corrected chi connectivity index (χ4v) is 5.00. The van der Waals surface area contributed by atoms with Gasteiger partial charge in [0, 0.05) is 24.9 Å². The van der Waals surface area contributed by atoms with Gasteiger partial charge in [-0.05, 0) is 44.1 Å². The number of aromatic nitrogens is 4. The number of nitrogens with zero attached hydrogens (tertiary/aromatic N) is 5. The number of hydrogen-bond donors (Lipinski definition) is 0. The predicted octanol–water partition coefficient (Wildman–Crippen LogP) is 4.53. The normalized spacial score (nSPS) is 17.3. The highest BCUT2D eigenvalue weighted by molar-refractivity contribution is 7.98. The molecule has 26 heavy (non-hydrogen) atoms. The summed E-state index contributed by atoms with van der Waals surface area (Å²) in [6.07, 6.45) is 4.98. The molecule has 1 saturated carbocycles. The first kappa shape index (κ1) is 16.4. The second-order valence-corrected chi connectivity index (χ2v) is 8.76. The molecule has 3 aromatic heterocycles. The molecule has 0 aromatic carbocycles. The van der Waals surface area contributed by atoms with Crippen LogP contribution in [0, 0.1) is 6.92 Å². The van der Waals surface area contributed by atoms with E-state index in [-0.39, 0.29) is 0 Å². The molecule has 1 aliphatic heterocycles. The Balaban J connectivity index is 1.36. The molecule has 0 atom stereocenters. The zero-order valence-corrected chi connectivity index (χ0v) is 16.4. The number of oxazole rings is 1. The van der Waals surface area contributed by atoms with Gasteiger partial charge in [-0.1, -0.05) is 17.8 Å². The summed E-state index contributed by atoms with van der Waals surface area (Å²) in [6.45, 7) is 4.19. The smallest absolute Gasteiger partial charge is 0.236 e. The van der Waals surface area contributed by atoms with E-state index in [4.69, 9.17) is 9.40 Å². The van der Waals surface area contributed by atoms with Gasteiger partial charge in [-0.15, -0.1) is 21.5 Å². The standard InChI is InChI=1S/C18H21N5OS2/c1-12-14(19-16(24-12)15-5-4-10-25-15)11-26-18-21-20-17(22-8-2-3-9-22)23(18)13-6-7-13/h4-5,10,13H,2-3,6-9,11H2,1H3. The molecular weight excluding hydrogens is 366 g/mol. The second kappa shape index (κ2) is 6.74. The minimum absolute atomic E-state index is 0.572. The number of anilines is 1. The SMILES string of the molecule is Cc1oc(-c2cccs2)nc1CSc1nnc(N2CCCC2)n1C1CC1. The molecule has 5 rings (SSSR count). The van der Waals surface area contributed by atoms with Gasteiger partial charge in [0.05, 0.1) is 10.6 Å². The van der Waals surface area contributed by atoms with E-state index in [1.165, 1.54) is 25.7 Å². The Morgan fingerprint density at radius 1 is 1.27 bits per heavy atom. The van der Waals surface area contributed by atoms with Crippen LogP contribution in [0.3, 0.4) is 0 Å². The predicted molar refractivity (Wildman–Crippen MR) is 104 cm³/mol. The van der Waals surface area contributed by atoms with Crippen molar-refractivity contribution in [2.45, 2.75) is 49.6 Å². The summed E-state index contributed by atoms with van der Waals surface area (Å²) in [5.74, 6) is 3.42. The van der Waals surface area contributed by atoms with E-state index >= 15 is 0 Å². The molecule has 8 heteroatoms. The Bertz CT molecular complexity index is 891. The minimum Gasteiger partial charge on any atom is -0.440 e. The zero-order valence-electron chi connectivity index (χ0n) is 14.7. The molecular formula is C18H21N5OS2. The van der Waals surface area contributed by atoms with Crippen LogP contribution in [0.4, 0.5) is 5.95 Å². The molecule has 1 aliphatic carbocycles. The van der Waals surface area contributed by atoms with E-state index < -0.39 is 0 Å². The molecule has 6 nitrogen and oxygen atoms in total. The van der Waals surface area contributed by atoms with Crippen LogP contribution < -0.4 is 4.90 Å². The first-order valence-electron chi connectivity index (χ1n) is 9.12. The molecule has 0 unspecified atom stereocenters. The molecule has 136 valence electrons. The Morgan fingerprint density at radius 3 is 2.85 bits per heavy atom. The maximum Gasteiger partial charge on any atom is 0.236 e. The Hall–Kier alpha value is -1.80. The Morgan fingerprint density at radius 2 is 2.12 bits per heavy atom. The first-order valence-corrected chi connectivity index (χ1v) is 11.0. The van der Waals surface area contributed by atoms with Crippen molar-refractivity contribution in [3.8, 4) is 10.8 Å². The van der Waals surface area contributed by atoms with Crippen molar-refractivity contribution < 1.29 is 4.42 Å². The monoisotopic (exact) mass is 387 g/mol. The largest absolute Gasteiger partial charge is 0.440 e. The van der Waals surface area contributed by atoms with Crippen LogP contribution in [0.25, 0.3) is 10.8 Å². The highest BCUT2D eigenvalue weighted by Gasteiger charge is 2.32. The van der Waals surface area contributed by atoms with Gasteiger partial charge >= 0.3 is 0 Å². The van der Waals surface area contributed by atoms with Crippen molar-refractivity contribution in [2.75, 3.05) is 18.0 Å². The summed E-state index contributed by atoms with van der Waals surface area (Å²) in [7, 11) is 0. The van der Waals surface area contributed by atoms with Crippen LogP contribution in [0.5, 0.6) is 0 Å². The number of thiophene rings is 1. The lowest BCUT2D eigenvalue weighted by atomic mass is 10.4. The fraction of sp³-hybridized carbons (Fsp3) is 0.500. The van der Waals surface area contributed by atoms with Crippen molar-refractivity contribution in [1.29, 1.82) is 0 Å². The summed E-state index contributed by atoms with van der Waals surface area (Å²) in [5.41, 5.74) is 0.992. The summed E-state index contributed by atoms with van der Waals surface area (Å²) >= 11 is 3.37. The van der Waals surface area contributed by atoms with Crippen molar-refractivity contribution in [1.82, 2.24) is 19.7 Å². The molecule has 0 spiro atoms. The molecule has 4 heterocycles. The van der Waals surface area contributed by atoms with Crippen LogP contribution in [-0.4, -0.2) is 32.8 Å². The van der Waals surface area contributed by atoms with Crippen LogP contribution in [0.15, 0.2) is 27.1 Å². The minimum atomic E-state index is 0.572. The van der Waals surface area contributed by atoms with E-state index in [1.807, 2.05) is 24.4 Å². The summed E-state index contributed by atoms with van der Waals surface area (Å²) in [6, 6.07) is 4.63. The average Bonchev–Trinajstić information content (AvgIpc) is 3.15. The quantitative estimate of drug-likeness (QED) is 0.579. The van der Waals surface area contributed by atoms with Gasteiger partial charge < -0.3 is 9.32 Å². The lowest BCUT2D eigenvalue weighted by molar-refractivity contribution is 0.542.